The van der Waals surface area contributed by atoms with Crippen molar-refractivity contribution in [3.8, 4) is 5.75 Å². The average Bonchev–Trinajstić information content (AvgIpc) is 3.17. The summed E-state index contributed by atoms with van der Waals surface area (Å²) in [5.41, 5.74) is 1.66. The number of hydrogen-bond acceptors (Lipinski definition) is 5. The molecule has 2 aromatic carbocycles. The van der Waals surface area contributed by atoms with Gasteiger partial charge in [0.15, 0.2) is 5.13 Å². The Morgan fingerprint density at radius 1 is 1.07 bits per heavy atom. The molecule has 0 N–H and O–H groups in total. The van der Waals surface area contributed by atoms with E-state index in [1.54, 1.807) is 11.3 Å². The predicted molar refractivity (Wildman–Crippen MR) is 120 cm³/mol. The molecule has 0 atom stereocenters. The first-order valence-corrected chi connectivity index (χ1v) is 11.3. The molecule has 1 aliphatic rings. The summed E-state index contributed by atoms with van der Waals surface area (Å²) < 4.78 is 7.03. The smallest absolute Gasteiger partial charge is 0.257 e. The fourth-order valence-corrected chi connectivity index (χ4v) is 4.49. The van der Waals surface area contributed by atoms with E-state index in [9.17, 15) is 4.79 Å². The number of ether oxygens (including phenoxy) is 1. The van der Waals surface area contributed by atoms with Crippen LogP contribution in [0.1, 0.15) is 22.3 Å². The summed E-state index contributed by atoms with van der Waals surface area (Å²) in [4.78, 5) is 21.8. The van der Waals surface area contributed by atoms with Crippen molar-refractivity contribution in [2.75, 3.05) is 31.1 Å². The summed E-state index contributed by atoms with van der Waals surface area (Å²) >= 11 is 5.19. The quantitative estimate of drug-likeness (QED) is 0.534. The highest BCUT2D eigenvalue weighted by Gasteiger charge is 2.23. The minimum absolute atomic E-state index is 0.0220. The van der Waals surface area contributed by atoms with Gasteiger partial charge in [-0.05, 0) is 24.6 Å². The van der Waals surface area contributed by atoms with Gasteiger partial charge in [-0.3, -0.25) is 4.79 Å². The number of rotatable bonds is 5. The zero-order chi connectivity index (χ0) is 20.1. The molecule has 0 radical (unpaired) electrons. The molecule has 1 aliphatic heterocycles. The maximum Gasteiger partial charge on any atom is 0.257 e. The molecule has 4 rings (SSSR count). The van der Waals surface area contributed by atoms with E-state index in [4.69, 9.17) is 4.74 Å². The summed E-state index contributed by atoms with van der Waals surface area (Å²) in [6.45, 7) is 3.52. The van der Waals surface area contributed by atoms with Gasteiger partial charge in [0.1, 0.15) is 12.4 Å². The van der Waals surface area contributed by atoms with Gasteiger partial charge in [0.05, 0.1) is 5.56 Å². The van der Waals surface area contributed by atoms with Crippen LogP contribution in [-0.2, 0) is 6.61 Å². The van der Waals surface area contributed by atoms with Gasteiger partial charge in [-0.2, -0.15) is 0 Å². The minimum Gasteiger partial charge on any atom is -0.488 e. The number of carbonyl (C=O) groups is 1. The second-order valence-electron chi connectivity index (χ2n) is 6.82. The van der Waals surface area contributed by atoms with E-state index >= 15 is 0 Å². The van der Waals surface area contributed by atoms with E-state index in [1.165, 1.54) is 0 Å². The van der Waals surface area contributed by atoms with Crippen LogP contribution in [0.3, 0.4) is 0 Å². The Hall–Kier alpha value is -2.38. The molecule has 0 saturated carbocycles. The van der Waals surface area contributed by atoms with E-state index in [-0.39, 0.29) is 5.91 Å². The van der Waals surface area contributed by atoms with Crippen molar-refractivity contribution < 1.29 is 9.53 Å². The number of anilines is 1. The van der Waals surface area contributed by atoms with Crippen LogP contribution in [0.25, 0.3) is 0 Å². The van der Waals surface area contributed by atoms with Crippen molar-refractivity contribution in [1.82, 2.24) is 9.88 Å². The van der Waals surface area contributed by atoms with Crippen LogP contribution in [0.5, 0.6) is 5.75 Å². The van der Waals surface area contributed by atoms with Crippen LogP contribution >= 0.6 is 27.3 Å². The molecule has 5 nitrogen and oxygen atoms in total. The van der Waals surface area contributed by atoms with Crippen LogP contribution in [0.2, 0.25) is 0 Å². The maximum absolute atomic E-state index is 13.2. The van der Waals surface area contributed by atoms with Crippen molar-refractivity contribution in [1.29, 1.82) is 0 Å². The van der Waals surface area contributed by atoms with Gasteiger partial charge in [-0.25, -0.2) is 4.98 Å². The molecule has 0 bridgehead atoms. The molecular weight excluding hydrogens is 450 g/mol. The van der Waals surface area contributed by atoms with Gasteiger partial charge in [-0.15, -0.1) is 11.3 Å². The number of carbonyl (C=O) groups excluding carboxylic acids is 1. The molecule has 2 heterocycles. The molecule has 1 aromatic heterocycles. The first kappa shape index (κ1) is 19.9. The summed E-state index contributed by atoms with van der Waals surface area (Å²) in [6, 6.07) is 15.4. The van der Waals surface area contributed by atoms with Gasteiger partial charge in [0.25, 0.3) is 5.91 Å². The molecule has 0 aliphatic carbocycles. The minimum atomic E-state index is 0.0220. The Balaban J connectivity index is 1.45. The number of thiazole rings is 1. The normalized spacial score (nSPS) is 14.5. The number of para-hydroxylation sites is 1. The van der Waals surface area contributed by atoms with Crippen molar-refractivity contribution in [2.45, 2.75) is 13.0 Å². The molecule has 0 unspecified atom stereocenters. The Labute approximate surface area is 183 Å². The first-order chi connectivity index (χ1) is 14.2. The van der Waals surface area contributed by atoms with Crippen LogP contribution in [0.15, 0.2) is 64.6 Å². The maximum atomic E-state index is 13.2. The van der Waals surface area contributed by atoms with E-state index in [0.29, 0.717) is 24.5 Å². The SMILES string of the molecule is O=C(c1ccccc1OCc1ccccc1Br)N1CCCN(c2nccs2)CC1. The topological polar surface area (TPSA) is 45.7 Å². The zero-order valence-electron chi connectivity index (χ0n) is 16.0. The Morgan fingerprint density at radius 3 is 2.72 bits per heavy atom. The molecule has 150 valence electrons. The number of nitrogens with zero attached hydrogens (tertiary/aromatic N) is 3. The predicted octanol–water partition coefficient (Wildman–Crippen LogP) is 4.84. The third-order valence-corrected chi connectivity index (χ3v) is 6.54. The molecular formula is C22H22BrN3O2S. The highest BCUT2D eigenvalue weighted by Crippen LogP contribution is 2.25. The van der Waals surface area contributed by atoms with Gasteiger partial charge in [-0.1, -0.05) is 46.3 Å². The molecule has 1 saturated heterocycles. The molecule has 7 heteroatoms. The number of hydrogen-bond donors (Lipinski definition) is 0. The monoisotopic (exact) mass is 471 g/mol. The third-order valence-electron chi connectivity index (χ3n) is 4.93. The summed E-state index contributed by atoms with van der Waals surface area (Å²) in [6.07, 6.45) is 2.75. The van der Waals surface area contributed by atoms with Crippen molar-refractivity contribution in [3.05, 3.63) is 75.7 Å². The lowest BCUT2D eigenvalue weighted by molar-refractivity contribution is 0.0762. The van der Waals surface area contributed by atoms with Crippen LogP contribution in [0, 0.1) is 0 Å². The molecule has 1 fully saturated rings. The number of amides is 1. The van der Waals surface area contributed by atoms with Crippen molar-refractivity contribution in [3.63, 3.8) is 0 Å². The fraction of sp³-hybridized carbons (Fsp3) is 0.273. The van der Waals surface area contributed by atoms with Crippen molar-refractivity contribution in [2.24, 2.45) is 0 Å². The van der Waals surface area contributed by atoms with E-state index < -0.39 is 0 Å². The third kappa shape index (κ3) is 4.79. The lowest BCUT2D eigenvalue weighted by Crippen LogP contribution is -2.35. The molecule has 29 heavy (non-hydrogen) atoms. The van der Waals surface area contributed by atoms with E-state index in [1.807, 2.05) is 65.0 Å². The van der Waals surface area contributed by atoms with Gasteiger partial charge < -0.3 is 14.5 Å². The molecule has 0 spiro atoms. The first-order valence-electron chi connectivity index (χ1n) is 9.61. The van der Waals surface area contributed by atoms with Crippen LogP contribution in [0.4, 0.5) is 5.13 Å². The highest BCUT2D eigenvalue weighted by molar-refractivity contribution is 9.10. The second-order valence-corrected chi connectivity index (χ2v) is 8.55. The zero-order valence-corrected chi connectivity index (χ0v) is 18.4. The van der Waals surface area contributed by atoms with Gasteiger partial charge in [0.2, 0.25) is 0 Å². The van der Waals surface area contributed by atoms with Gasteiger partial charge >= 0.3 is 0 Å². The number of halogens is 1. The summed E-state index contributed by atoms with van der Waals surface area (Å²) in [7, 11) is 0. The Morgan fingerprint density at radius 2 is 1.90 bits per heavy atom. The van der Waals surface area contributed by atoms with Crippen LogP contribution in [-0.4, -0.2) is 42.0 Å². The second kappa shape index (κ2) is 9.41. The fourth-order valence-electron chi connectivity index (χ4n) is 3.39. The number of benzene rings is 2. The van der Waals surface area contributed by atoms with E-state index in [0.717, 1.165) is 41.2 Å². The lowest BCUT2D eigenvalue weighted by atomic mass is 10.1. The average molecular weight is 472 g/mol. The van der Waals surface area contributed by atoms with E-state index in [2.05, 4.69) is 25.8 Å². The van der Waals surface area contributed by atoms with Crippen molar-refractivity contribution >= 4 is 38.3 Å². The molecule has 1 amide bonds. The summed E-state index contributed by atoms with van der Waals surface area (Å²) in [5, 5.41) is 3.01. The standard InChI is InChI=1S/C22H22BrN3O2S/c23-19-8-3-1-6-17(19)16-28-20-9-4-2-7-18(20)21(27)25-11-5-12-26(14-13-25)22-24-10-15-29-22/h1-4,6-10,15H,5,11-14,16H2. The molecule has 3 aromatic rings. The number of aromatic nitrogens is 1. The largest absolute Gasteiger partial charge is 0.488 e. The summed E-state index contributed by atoms with van der Waals surface area (Å²) in [5.74, 6) is 0.642. The Kier molecular flexibility index (Phi) is 6.46. The lowest BCUT2D eigenvalue weighted by Gasteiger charge is -2.23. The Bertz CT molecular complexity index is 964. The van der Waals surface area contributed by atoms with Crippen LogP contribution < -0.4 is 9.64 Å². The van der Waals surface area contributed by atoms with Gasteiger partial charge in [0, 0.05) is 47.8 Å². The highest BCUT2D eigenvalue weighted by atomic mass is 79.9.